The molecule has 0 aliphatic carbocycles. The molecule has 0 unspecified atom stereocenters. The largest absolute Gasteiger partial charge is 0.489 e. The van der Waals surface area contributed by atoms with Crippen LogP contribution in [0.15, 0.2) is 35.9 Å². The lowest BCUT2D eigenvalue weighted by molar-refractivity contribution is 0.355. The molecule has 1 nitrogen and oxygen atoms in total. The summed E-state index contributed by atoms with van der Waals surface area (Å²) in [7, 11) is 0. The first kappa shape index (κ1) is 10.0. The average Bonchev–Trinajstić information content (AvgIpc) is 2.26. The minimum atomic E-state index is 0.693. The maximum atomic E-state index is 5.67. The Balaban J connectivity index is 2.32. The van der Waals surface area contributed by atoms with E-state index in [4.69, 9.17) is 4.74 Å². The molecule has 1 aromatic carbocycles. The molecule has 1 heteroatoms. The lowest BCUT2D eigenvalue weighted by Crippen LogP contribution is -2.03. The summed E-state index contributed by atoms with van der Waals surface area (Å²) in [5.74, 6) is 1.05. The van der Waals surface area contributed by atoms with Gasteiger partial charge in [0.2, 0.25) is 0 Å². The molecule has 0 saturated heterocycles. The highest BCUT2D eigenvalue weighted by atomic mass is 16.5. The quantitative estimate of drug-likeness (QED) is 0.663. The monoisotopic (exact) mass is 200 g/mol. The van der Waals surface area contributed by atoms with Gasteiger partial charge in [0.1, 0.15) is 12.4 Å². The van der Waals surface area contributed by atoms with E-state index in [-0.39, 0.29) is 0 Å². The summed E-state index contributed by atoms with van der Waals surface area (Å²) in [4.78, 5) is 0. The maximum Gasteiger partial charge on any atom is 0.130 e. The average molecular weight is 200 g/mol. The number of rotatable bonds is 2. The third-order valence-electron chi connectivity index (χ3n) is 2.48. The zero-order chi connectivity index (χ0) is 10.7. The van der Waals surface area contributed by atoms with Crippen LogP contribution in [0.5, 0.6) is 5.75 Å². The summed E-state index contributed by atoms with van der Waals surface area (Å²) in [5, 5.41) is 0. The highest BCUT2D eigenvalue weighted by molar-refractivity contribution is 5.62. The van der Waals surface area contributed by atoms with Gasteiger partial charge in [-0.3, -0.25) is 0 Å². The second kappa shape index (κ2) is 4.35. The number of allylic oxidation sites excluding steroid dienone is 2. The van der Waals surface area contributed by atoms with Gasteiger partial charge < -0.3 is 4.74 Å². The van der Waals surface area contributed by atoms with Crippen LogP contribution in [0.4, 0.5) is 0 Å². The summed E-state index contributed by atoms with van der Waals surface area (Å²) in [6.07, 6.45) is 7.37. The summed E-state index contributed by atoms with van der Waals surface area (Å²) >= 11 is 0. The van der Waals surface area contributed by atoms with Crippen molar-refractivity contribution < 1.29 is 4.74 Å². The minimum absolute atomic E-state index is 0.693. The molecule has 78 valence electrons. The summed E-state index contributed by atoms with van der Waals surface area (Å²) in [6.45, 7) is 4.94. The second-order valence-electron chi connectivity index (χ2n) is 4.03. The van der Waals surface area contributed by atoms with Gasteiger partial charge in [-0.15, -0.1) is 0 Å². The van der Waals surface area contributed by atoms with Crippen molar-refractivity contribution in [2.24, 2.45) is 0 Å². The molecule has 2 rings (SSSR count). The Labute approximate surface area is 91.1 Å². The molecule has 0 N–H and O–H groups in total. The Bertz CT molecular complexity index is 409. The standard InChI is InChI=1S/C14H16O/c1-11(2)8-9-13-6-3-5-12-7-4-10-15-14(12)13/h3-8H,9-10H2,1-2H3. The molecule has 0 fully saturated rings. The number of benzene rings is 1. The zero-order valence-corrected chi connectivity index (χ0v) is 9.29. The smallest absolute Gasteiger partial charge is 0.130 e. The van der Waals surface area contributed by atoms with E-state index in [0.717, 1.165) is 12.2 Å². The van der Waals surface area contributed by atoms with Crippen molar-refractivity contribution in [2.75, 3.05) is 6.61 Å². The third kappa shape index (κ3) is 2.30. The van der Waals surface area contributed by atoms with Crippen LogP contribution in [0.25, 0.3) is 6.08 Å². The topological polar surface area (TPSA) is 9.23 Å². The SMILES string of the molecule is CC(C)=CCc1cccc2c1OCC=C2. The second-order valence-corrected chi connectivity index (χ2v) is 4.03. The molecule has 0 aromatic heterocycles. The van der Waals surface area contributed by atoms with Crippen molar-refractivity contribution in [3.63, 3.8) is 0 Å². The summed E-state index contributed by atoms with van der Waals surface area (Å²) in [5.41, 5.74) is 3.82. The molecule has 1 aliphatic heterocycles. The number of para-hydroxylation sites is 1. The number of hydrogen-bond donors (Lipinski definition) is 0. The van der Waals surface area contributed by atoms with Crippen molar-refractivity contribution in [1.29, 1.82) is 0 Å². The lowest BCUT2D eigenvalue weighted by atomic mass is 10.0. The lowest BCUT2D eigenvalue weighted by Gasteiger charge is -2.15. The normalized spacial score (nSPS) is 12.9. The highest BCUT2D eigenvalue weighted by Gasteiger charge is 2.09. The molecule has 15 heavy (non-hydrogen) atoms. The van der Waals surface area contributed by atoms with Gasteiger partial charge >= 0.3 is 0 Å². The van der Waals surface area contributed by atoms with Crippen molar-refractivity contribution >= 4 is 6.08 Å². The van der Waals surface area contributed by atoms with Gasteiger partial charge in [-0.2, -0.15) is 0 Å². The van der Waals surface area contributed by atoms with Crippen LogP contribution in [0.1, 0.15) is 25.0 Å². The fourth-order valence-electron chi connectivity index (χ4n) is 1.69. The van der Waals surface area contributed by atoms with Crippen LogP contribution in [-0.2, 0) is 6.42 Å². The molecule has 1 aliphatic rings. The maximum absolute atomic E-state index is 5.67. The van der Waals surface area contributed by atoms with Crippen molar-refractivity contribution in [3.05, 3.63) is 47.1 Å². The van der Waals surface area contributed by atoms with E-state index in [9.17, 15) is 0 Å². The minimum Gasteiger partial charge on any atom is -0.489 e. The molecular weight excluding hydrogens is 184 g/mol. The van der Waals surface area contributed by atoms with Crippen LogP contribution in [-0.4, -0.2) is 6.61 Å². The Hall–Kier alpha value is -1.50. The first-order valence-electron chi connectivity index (χ1n) is 5.32. The zero-order valence-electron chi connectivity index (χ0n) is 9.29. The Morgan fingerprint density at radius 1 is 1.40 bits per heavy atom. The van der Waals surface area contributed by atoms with Crippen molar-refractivity contribution in [1.82, 2.24) is 0 Å². The van der Waals surface area contributed by atoms with Crippen LogP contribution in [0, 0.1) is 0 Å². The van der Waals surface area contributed by atoms with Gasteiger partial charge in [-0.1, -0.05) is 35.9 Å². The summed E-state index contributed by atoms with van der Waals surface area (Å²) < 4.78 is 5.67. The Morgan fingerprint density at radius 2 is 2.27 bits per heavy atom. The van der Waals surface area contributed by atoms with Crippen LogP contribution in [0.2, 0.25) is 0 Å². The van der Waals surface area contributed by atoms with E-state index in [0.29, 0.717) is 6.61 Å². The van der Waals surface area contributed by atoms with Gasteiger partial charge in [0.05, 0.1) is 0 Å². The molecule has 0 bridgehead atoms. The molecule has 1 aromatic rings. The molecule has 0 amide bonds. The molecular formula is C14H16O. The molecule has 1 heterocycles. The predicted molar refractivity (Wildman–Crippen MR) is 64.1 cm³/mol. The fraction of sp³-hybridized carbons (Fsp3) is 0.286. The van der Waals surface area contributed by atoms with Gasteiger partial charge in [-0.05, 0) is 31.9 Å². The van der Waals surface area contributed by atoms with Crippen LogP contribution >= 0.6 is 0 Å². The van der Waals surface area contributed by atoms with Gasteiger partial charge in [0.15, 0.2) is 0 Å². The first-order valence-corrected chi connectivity index (χ1v) is 5.32. The summed E-state index contributed by atoms with van der Waals surface area (Å²) in [6, 6.07) is 6.32. The van der Waals surface area contributed by atoms with Crippen molar-refractivity contribution in [3.8, 4) is 5.75 Å². The van der Waals surface area contributed by atoms with E-state index in [1.165, 1.54) is 16.7 Å². The highest BCUT2D eigenvalue weighted by Crippen LogP contribution is 2.28. The first-order chi connectivity index (χ1) is 7.27. The molecule has 0 spiro atoms. The van der Waals surface area contributed by atoms with E-state index < -0.39 is 0 Å². The number of ether oxygens (including phenoxy) is 1. The molecule has 0 saturated carbocycles. The van der Waals surface area contributed by atoms with Crippen LogP contribution < -0.4 is 4.74 Å². The number of hydrogen-bond acceptors (Lipinski definition) is 1. The van der Waals surface area contributed by atoms with Gasteiger partial charge in [0.25, 0.3) is 0 Å². The Kier molecular flexibility index (Phi) is 2.91. The van der Waals surface area contributed by atoms with Gasteiger partial charge in [0, 0.05) is 5.56 Å². The van der Waals surface area contributed by atoms with E-state index >= 15 is 0 Å². The number of fused-ring (bicyclic) bond motifs is 1. The van der Waals surface area contributed by atoms with E-state index in [1.54, 1.807) is 0 Å². The van der Waals surface area contributed by atoms with Crippen LogP contribution in [0.3, 0.4) is 0 Å². The third-order valence-corrected chi connectivity index (χ3v) is 2.48. The molecule has 0 radical (unpaired) electrons. The van der Waals surface area contributed by atoms with Gasteiger partial charge in [-0.25, -0.2) is 0 Å². The fourth-order valence-corrected chi connectivity index (χ4v) is 1.69. The van der Waals surface area contributed by atoms with Crippen molar-refractivity contribution in [2.45, 2.75) is 20.3 Å². The molecule has 0 atom stereocenters. The predicted octanol–water partition coefficient (Wildman–Crippen LogP) is 3.60. The van der Waals surface area contributed by atoms with E-state index in [2.05, 4.69) is 44.2 Å². The van der Waals surface area contributed by atoms with E-state index in [1.807, 2.05) is 6.08 Å². The Morgan fingerprint density at radius 3 is 3.07 bits per heavy atom.